The van der Waals surface area contributed by atoms with E-state index in [0.29, 0.717) is 19.1 Å². The van der Waals surface area contributed by atoms with Gasteiger partial charge in [0, 0.05) is 55.0 Å². The third-order valence-electron chi connectivity index (χ3n) is 7.15. The second kappa shape index (κ2) is 15.6. The van der Waals surface area contributed by atoms with Crippen molar-refractivity contribution in [1.82, 2.24) is 15.1 Å². The second-order valence-corrected chi connectivity index (χ2v) is 9.81. The van der Waals surface area contributed by atoms with Crippen LogP contribution in [0.4, 0.5) is 5.82 Å². The summed E-state index contributed by atoms with van der Waals surface area (Å²) < 4.78 is 16.6. The molecule has 3 aromatic carbocycles. The van der Waals surface area contributed by atoms with Crippen molar-refractivity contribution in [1.29, 1.82) is 0 Å². The fourth-order valence-electron chi connectivity index (χ4n) is 5.00. The highest BCUT2D eigenvalue weighted by Gasteiger charge is 2.21. The molecule has 1 saturated heterocycles. The lowest BCUT2D eigenvalue weighted by molar-refractivity contribution is 0.210. The van der Waals surface area contributed by atoms with Gasteiger partial charge in [0.15, 0.2) is 5.82 Å². The van der Waals surface area contributed by atoms with Gasteiger partial charge in [-0.2, -0.15) is 0 Å². The summed E-state index contributed by atoms with van der Waals surface area (Å²) in [5.74, 6) is 3.24. The van der Waals surface area contributed by atoms with Crippen molar-refractivity contribution >= 4 is 41.4 Å². The first-order chi connectivity index (χ1) is 19.2. The molecule has 0 amide bonds. The Morgan fingerprint density at radius 2 is 1.59 bits per heavy atom. The first-order valence-electron chi connectivity index (χ1n) is 13.5. The number of ether oxygens (including phenoxy) is 3. The number of benzene rings is 3. The predicted molar refractivity (Wildman–Crippen MR) is 168 cm³/mol. The minimum absolute atomic E-state index is 0. The zero-order valence-corrected chi connectivity index (χ0v) is 25.0. The Kier molecular flexibility index (Phi) is 12.3. The highest BCUT2D eigenvalue weighted by molar-refractivity contribution is 6.00. The topological polar surface area (TPSA) is 89.0 Å². The SMILES string of the molecule is COc1ccc(-c2nnc(NC3CCN(Cc4cccc(OCCCO)c4)CC3)c3cc(OC)ccc23)cc1.Cl.Cl. The summed E-state index contributed by atoms with van der Waals surface area (Å²) in [5, 5.41) is 23.9. The molecule has 0 bridgehead atoms. The van der Waals surface area contributed by atoms with Crippen LogP contribution in [0.1, 0.15) is 24.8 Å². The summed E-state index contributed by atoms with van der Waals surface area (Å²) in [7, 11) is 3.34. The number of hydrogen-bond acceptors (Lipinski definition) is 8. The maximum absolute atomic E-state index is 8.97. The Balaban J connectivity index is 0.00000231. The molecule has 1 fully saturated rings. The lowest BCUT2D eigenvalue weighted by Crippen LogP contribution is -2.38. The molecule has 0 radical (unpaired) electrons. The quantitative estimate of drug-likeness (QED) is 0.203. The Hall–Kier alpha value is -3.30. The molecule has 41 heavy (non-hydrogen) atoms. The molecule has 0 spiro atoms. The van der Waals surface area contributed by atoms with E-state index in [1.54, 1.807) is 14.2 Å². The van der Waals surface area contributed by atoms with Crippen molar-refractivity contribution in [2.75, 3.05) is 45.8 Å². The van der Waals surface area contributed by atoms with Crippen LogP contribution in [0.15, 0.2) is 66.7 Å². The predicted octanol–water partition coefficient (Wildman–Crippen LogP) is 6.00. The van der Waals surface area contributed by atoms with Gasteiger partial charge in [-0.15, -0.1) is 35.0 Å². The summed E-state index contributed by atoms with van der Waals surface area (Å²) in [5.41, 5.74) is 3.06. The average Bonchev–Trinajstić information content (AvgIpc) is 2.98. The van der Waals surface area contributed by atoms with Gasteiger partial charge in [0.1, 0.15) is 22.9 Å². The van der Waals surface area contributed by atoms with Crippen molar-refractivity contribution in [3.8, 4) is 28.5 Å². The van der Waals surface area contributed by atoms with Crippen molar-refractivity contribution < 1.29 is 19.3 Å². The van der Waals surface area contributed by atoms with Crippen molar-refractivity contribution in [2.45, 2.75) is 31.8 Å². The van der Waals surface area contributed by atoms with Crippen LogP contribution in [0, 0.1) is 0 Å². The van der Waals surface area contributed by atoms with Gasteiger partial charge in [-0.25, -0.2) is 0 Å². The minimum atomic E-state index is 0. The first kappa shape index (κ1) is 32.2. The molecule has 5 rings (SSSR count). The van der Waals surface area contributed by atoms with E-state index in [1.807, 2.05) is 48.5 Å². The highest BCUT2D eigenvalue weighted by Crippen LogP contribution is 2.34. The summed E-state index contributed by atoms with van der Waals surface area (Å²) in [4.78, 5) is 2.48. The first-order valence-corrected chi connectivity index (χ1v) is 13.5. The van der Waals surface area contributed by atoms with E-state index in [9.17, 15) is 0 Å². The third kappa shape index (κ3) is 8.14. The molecule has 0 unspecified atom stereocenters. The number of fused-ring (bicyclic) bond motifs is 1. The number of anilines is 1. The van der Waals surface area contributed by atoms with Crippen molar-refractivity contribution in [3.05, 3.63) is 72.3 Å². The second-order valence-electron chi connectivity index (χ2n) is 9.81. The molecular weight excluding hydrogens is 563 g/mol. The molecule has 0 saturated carbocycles. The van der Waals surface area contributed by atoms with Gasteiger partial charge in [0.25, 0.3) is 0 Å². The molecule has 10 heteroatoms. The van der Waals surface area contributed by atoms with Gasteiger partial charge in [0.05, 0.1) is 20.8 Å². The summed E-state index contributed by atoms with van der Waals surface area (Å²) in [6.07, 6.45) is 2.67. The number of aliphatic hydroxyl groups is 1. The van der Waals surface area contributed by atoms with E-state index in [0.717, 1.165) is 77.6 Å². The monoisotopic (exact) mass is 600 g/mol. The van der Waals surface area contributed by atoms with E-state index >= 15 is 0 Å². The van der Waals surface area contributed by atoms with Crippen LogP contribution in [0.25, 0.3) is 22.0 Å². The van der Waals surface area contributed by atoms with Gasteiger partial charge in [-0.05, 0) is 73.0 Å². The van der Waals surface area contributed by atoms with Crippen LogP contribution in [0.3, 0.4) is 0 Å². The van der Waals surface area contributed by atoms with Gasteiger partial charge in [-0.1, -0.05) is 12.1 Å². The molecule has 1 aliphatic heterocycles. The Bertz CT molecular complexity index is 1380. The van der Waals surface area contributed by atoms with Gasteiger partial charge in [-0.3, -0.25) is 4.90 Å². The smallest absolute Gasteiger partial charge is 0.156 e. The molecule has 0 aliphatic carbocycles. The van der Waals surface area contributed by atoms with Crippen molar-refractivity contribution in [3.63, 3.8) is 0 Å². The molecule has 2 heterocycles. The van der Waals surface area contributed by atoms with Crippen LogP contribution in [-0.2, 0) is 6.54 Å². The summed E-state index contributed by atoms with van der Waals surface area (Å²) in [6.45, 7) is 3.55. The molecule has 220 valence electrons. The standard InChI is InChI=1S/C31H36N4O4.2ClH/c1-37-25-9-7-23(8-10-25)30-28-12-11-26(38-2)20-29(28)31(34-33-30)32-24-13-15-35(16-14-24)21-22-5-3-6-27(19-22)39-18-4-17-36;;/h3,5-12,19-20,24,36H,4,13-18,21H2,1-2H3,(H,32,34);2*1H. The number of likely N-dealkylation sites (tertiary alicyclic amines) is 1. The minimum Gasteiger partial charge on any atom is -0.497 e. The van der Waals surface area contributed by atoms with Crippen LogP contribution >= 0.6 is 24.8 Å². The molecule has 4 aromatic rings. The number of aliphatic hydroxyl groups excluding tert-OH is 1. The summed E-state index contributed by atoms with van der Waals surface area (Å²) >= 11 is 0. The fraction of sp³-hybridized carbons (Fsp3) is 0.355. The van der Waals surface area contributed by atoms with E-state index in [4.69, 9.17) is 19.3 Å². The maximum atomic E-state index is 8.97. The Morgan fingerprint density at radius 1 is 0.854 bits per heavy atom. The summed E-state index contributed by atoms with van der Waals surface area (Å²) in [6, 6.07) is 22.5. The number of piperidine rings is 1. The lowest BCUT2D eigenvalue weighted by atomic mass is 10.0. The molecule has 2 N–H and O–H groups in total. The molecule has 1 aromatic heterocycles. The third-order valence-corrected chi connectivity index (χ3v) is 7.15. The van der Waals surface area contributed by atoms with Crippen LogP contribution in [0.2, 0.25) is 0 Å². The Labute approximate surface area is 253 Å². The van der Waals surface area contributed by atoms with Gasteiger partial charge >= 0.3 is 0 Å². The zero-order chi connectivity index (χ0) is 27.0. The largest absolute Gasteiger partial charge is 0.497 e. The number of rotatable bonds is 11. The molecule has 1 aliphatic rings. The fourth-order valence-corrected chi connectivity index (χ4v) is 5.00. The van der Waals surface area contributed by atoms with E-state index < -0.39 is 0 Å². The number of nitrogens with zero attached hydrogens (tertiary/aromatic N) is 3. The van der Waals surface area contributed by atoms with Crippen LogP contribution < -0.4 is 19.5 Å². The number of methoxy groups -OCH3 is 2. The van der Waals surface area contributed by atoms with E-state index in [1.165, 1.54) is 5.56 Å². The Morgan fingerprint density at radius 3 is 2.29 bits per heavy atom. The van der Waals surface area contributed by atoms with E-state index in [2.05, 4.69) is 38.6 Å². The van der Waals surface area contributed by atoms with Gasteiger partial charge < -0.3 is 24.6 Å². The van der Waals surface area contributed by atoms with E-state index in [-0.39, 0.29) is 31.4 Å². The lowest BCUT2D eigenvalue weighted by Gasteiger charge is -2.32. The molecular formula is C31H38Cl2N4O4. The number of nitrogens with one attached hydrogen (secondary N) is 1. The van der Waals surface area contributed by atoms with Crippen molar-refractivity contribution in [2.24, 2.45) is 0 Å². The maximum Gasteiger partial charge on any atom is 0.156 e. The highest BCUT2D eigenvalue weighted by atomic mass is 35.5. The molecule has 0 atom stereocenters. The van der Waals surface area contributed by atoms with Crippen LogP contribution in [-0.4, -0.2) is 66.8 Å². The number of aromatic nitrogens is 2. The van der Waals surface area contributed by atoms with Gasteiger partial charge in [0.2, 0.25) is 0 Å². The molecule has 8 nitrogen and oxygen atoms in total. The normalized spacial score (nSPS) is 13.6. The van der Waals surface area contributed by atoms with Crippen LogP contribution in [0.5, 0.6) is 17.2 Å². The average molecular weight is 602 g/mol. The zero-order valence-electron chi connectivity index (χ0n) is 23.4. The number of halogens is 2. The number of hydrogen-bond donors (Lipinski definition) is 2.